The van der Waals surface area contributed by atoms with E-state index in [0.717, 1.165) is 10.7 Å². The molecule has 1 rings (SSSR count). The van der Waals surface area contributed by atoms with Gasteiger partial charge in [0.15, 0.2) is 0 Å². The summed E-state index contributed by atoms with van der Waals surface area (Å²) >= 11 is 0. The number of hydrazine groups is 2. The maximum absolute atomic E-state index is 11.1. The molecule has 0 radical (unpaired) electrons. The highest BCUT2D eigenvalue weighted by Crippen LogP contribution is 2.12. The van der Waals surface area contributed by atoms with Gasteiger partial charge in [0.1, 0.15) is 0 Å². The van der Waals surface area contributed by atoms with Gasteiger partial charge in [0.25, 0.3) is 0 Å². The molecule has 1 aromatic carbocycles. The number of nitrogens with zero attached hydrogens (tertiary/aromatic N) is 1. The van der Waals surface area contributed by atoms with E-state index in [1.807, 2.05) is 0 Å². The Morgan fingerprint density at radius 3 is 2.14 bits per heavy atom. The molecule has 0 aliphatic rings. The minimum absolute atomic E-state index is 0. The Labute approximate surface area is 82.6 Å². The van der Waals surface area contributed by atoms with Crippen molar-refractivity contribution < 1.29 is 13.9 Å². The summed E-state index contributed by atoms with van der Waals surface area (Å²) in [5, 5.41) is 0. The molecule has 0 aliphatic carbocycles. The molecule has 1 aromatic rings. The van der Waals surface area contributed by atoms with Gasteiger partial charge in [0.2, 0.25) is 10.0 Å². The molecule has 0 aliphatic heterocycles. The highest BCUT2D eigenvalue weighted by Gasteiger charge is 2.14. The van der Waals surface area contributed by atoms with Crippen molar-refractivity contribution >= 4 is 15.7 Å². The van der Waals surface area contributed by atoms with E-state index in [-0.39, 0.29) is 5.48 Å². The second-order valence-corrected chi connectivity index (χ2v) is 4.32. The van der Waals surface area contributed by atoms with Gasteiger partial charge < -0.3 is 5.48 Å². The molecular weight excluding hydrogens is 206 g/mol. The van der Waals surface area contributed by atoms with E-state index in [9.17, 15) is 8.42 Å². The van der Waals surface area contributed by atoms with E-state index in [2.05, 4.69) is 5.53 Å². The second-order valence-electron chi connectivity index (χ2n) is 2.49. The Bertz CT molecular complexity index is 365. The number of para-hydroxylation sites is 1. The van der Waals surface area contributed by atoms with Crippen LogP contribution >= 0.6 is 0 Å². The summed E-state index contributed by atoms with van der Waals surface area (Å²) in [5.74, 6) is 5.09. The van der Waals surface area contributed by atoms with Crippen LogP contribution in [0.1, 0.15) is 0 Å². The monoisotopic (exact) mass is 219 g/mol. The molecule has 0 atom stereocenters. The van der Waals surface area contributed by atoms with Crippen molar-refractivity contribution in [3.05, 3.63) is 30.3 Å². The average Bonchev–Trinajstić information content (AvgIpc) is 2.05. The molecule has 7 heteroatoms. The molecular formula is C7H13N3O3S. The Hall–Kier alpha value is -1.15. The molecule has 0 bridgehead atoms. The Morgan fingerprint density at radius 2 is 1.79 bits per heavy atom. The first-order chi connectivity index (χ1) is 6.05. The highest BCUT2D eigenvalue weighted by atomic mass is 32.2. The van der Waals surface area contributed by atoms with Crippen molar-refractivity contribution in [1.29, 1.82) is 0 Å². The van der Waals surface area contributed by atoms with Gasteiger partial charge in [-0.15, -0.1) is 0 Å². The Morgan fingerprint density at radius 1 is 1.29 bits per heavy atom. The predicted molar refractivity (Wildman–Crippen MR) is 54.7 cm³/mol. The second kappa shape index (κ2) is 4.91. The molecule has 0 unspecified atom stereocenters. The fourth-order valence-corrected chi connectivity index (χ4v) is 1.62. The Balaban J connectivity index is 0.00000169. The first kappa shape index (κ1) is 12.8. The van der Waals surface area contributed by atoms with E-state index >= 15 is 0 Å². The molecule has 6 nitrogen and oxygen atoms in total. The smallest absolute Gasteiger partial charge is 0.246 e. The summed E-state index contributed by atoms with van der Waals surface area (Å²) in [6, 6.07) is 8.53. The highest BCUT2D eigenvalue weighted by molar-refractivity contribution is 7.92. The fraction of sp³-hybridized carbons (Fsp3) is 0.143. The van der Waals surface area contributed by atoms with Crippen LogP contribution in [0, 0.1) is 0 Å². The van der Waals surface area contributed by atoms with Crippen molar-refractivity contribution in [2.75, 3.05) is 10.7 Å². The molecule has 0 amide bonds. The summed E-state index contributed by atoms with van der Waals surface area (Å²) in [5.41, 5.74) is 2.58. The molecule has 0 fully saturated rings. The van der Waals surface area contributed by atoms with Crippen molar-refractivity contribution in [2.24, 2.45) is 5.84 Å². The third-order valence-corrected chi connectivity index (χ3v) is 2.42. The zero-order chi connectivity index (χ0) is 9.90. The zero-order valence-corrected chi connectivity index (χ0v) is 8.45. The van der Waals surface area contributed by atoms with E-state index < -0.39 is 10.0 Å². The van der Waals surface area contributed by atoms with E-state index in [0.29, 0.717) is 5.69 Å². The SMILES string of the molecule is CS(=O)(=O)N(NN)c1ccccc1.O. The number of benzene rings is 1. The van der Waals surface area contributed by atoms with Gasteiger partial charge >= 0.3 is 0 Å². The van der Waals surface area contributed by atoms with Crippen LogP contribution in [0.15, 0.2) is 30.3 Å². The van der Waals surface area contributed by atoms with E-state index in [4.69, 9.17) is 5.84 Å². The summed E-state index contributed by atoms with van der Waals surface area (Å²) in [6.07, 6.45) is 1.07. The summed E-state index contributed by atoms with van der Waals surface area (Å²) in [6.45, 7) is 0. The van der Waals surface area contributed by atoms with Crippen LogP contribution in [0.2, 0.25) is 0 Å². The standard InChI is InChI=1S/C7H11N3O2S.H2O/c1-13(11,12)10(9-8)7-5-3-2-4-6-7;/h2-6,9H,8H2,1H3;1H2. The van der Waals surface area contributed by atoms with Gasteiger partial charge in [-0.3, -0.25) is 5.84 Å². The van der Waals surface area contributed by atoms with Crippen LogP contribution in [-0.4, -0.2) is 20.1 Å². The first-order valence-corrected chi connectivity index (χ1v) is 5.42. The molecule has 0 saturated heterocycles. The van der Waals surface area contributed by atoms with Crippen LogP contribution in [0.5, 0.6) is 0 Å². The van der Waals surface area contributed by atoms with Gasteiger partial charge in [-0.2, -0.15) is 9.95 Å². The first-order valence-electron chi connectivity index (χ1n) is 3.57. The quantitative estimate of drug-likeness (QED) is 0.502. The zero-order valence-electron chi connectivity index (χ0n) is 7.64. The molecule has 0 spiro atoms. The molecule has 0 heterocycles. The lowest BCUT2D eigenvalue weighted by molar-refractivity contribution is 0.586. The summed E-state index contributed by atoms with van der Waals surface area (Å²) in [7, 11) is -3.37. The van der Waals surface area contributed by atoms with Gasteiger partial charge in [-0.25, -0.2) is 8.42 Å². The van der Waals surface area contributed by atoms with Crippen LogP contribution < -0.4 is 15.8 Å². The third-order valence-electron chi connectivity index (χ3n) is 1.44. The largest absolute Gasteiger partial charge is 0.412 e. The van der Waals surface area contributed by atoms with Gasteiger partial charge in [0, 0.05) is 0 Å². The number of nitrogens with two attached hydrogens (primary N) is 1. The molecule has 0 aromatic heterocycles. The van der Waals surface area contributed by atoms with Gasteiger partial charge in [-0.05, 0) is 12.1 Å². The lowest BCUT2D eigenvalue weighted by atomic mass is 10.3. The molecule has 0 saturated carbocycles. The maximum Gasteiger partial charge on any atom is 0.246 e. The van der Waals surface area contributed by atoms with E-state index in [1.165, 1.54) is 0 Å². The van der Waals surface area contributed by atoms with Crippen LogP contribution in [0.3, 0.4) is 0 Å². The minimum Gasteiger partial charge on any atom is -0.412 e. The molecule has 5 N–H and O–H groups in total. The van der Waals surface area contributed by atoms with Crippen LogP contribution in [-0.2, 0) is 10.0 Å². The van der Waals surface area contributed by atoms with Crippen molar-refractivity contribution in [3.8, 4) is 0 Å². The number of hydrogen-bond donors (Lipinski definition) is 2. The Kier molecular flexibility index (Phi) is 4.51. The topological polar surface area (TPSA) is 107 Å². The van der Waals surface area contributed by atoms with Crippen LogP contribution in [0.4, 0.5) is 5.69 Å². The lowest BCUT2D eigenvalue weighted by Gasteiger charge is -2.19. The predicted octanol–water partition coefficient (Wildman–Crippen LogP) is -0.994. The number of rotatable bonds is 3. The van der Waals surface area contributed by atoms with E-state index in [1.54, 1.807) is 30.3 Å². The maximum atomic E-state index is 11.1. The van der Waals surface area contributed by atoms with Crippen molar-refractivity contribution in [2.45, 2.75) is 0 Å². The molecule has 14 heavy (non-hydrogen) atoms. The number of sulfonamides is 1. The number of hydrogen-bond acceptors (Lipinski definition) is 4. The fourth-order valence-electron chi connectivity index (χ4n) is 0.925. The van der Waals surface area contributed by atoms with Crippen molar-refractivity contribution in [3.63, 3.8) is 0 Å². The van der Waals surface area contributed by atoms with Gasteiger partial charge in [-0.1, -0.05) is 18.2 Å². The van der Waals surface area contributed by atoms with Gasteiger partial charge in [0.05, 0.1) is 11.9 Å². The summed E-state index contributed by atoms with van der Waals surface area (Å²) < 4.78 is 23.2. The number of anilines is 1. The number of nitrogens with one attached hydrogen (secondary N) is 1. The third kappa shape index (κ3) is 2.96. The average molecular weight is 219 g/mol. The lowest BCUT2D eigenvalue weighted by Crippen LogP contribution is -2.46. The normalized spacial score (nSPS) is 10.4. The molecule has 80 valence electrons. The minimum atomic E-state index is -3.37. The van der Waals surface area contributed by atoms with Crippen LogP contribution in [0.25, 0.3) is 0 Å². The van der Waals surface area contributed by atoms with Crippen molar-refractivity contribution in [1.82, 2.24) is 5.53 Å². The summed E-state index contributed by atoms with van der Waals surface area (Å²) in [4.78, 5) is 0.